The number of hydrogen-bond acceptors (Lipinski definition) is 3. The van der Waals surface area contributed by atoms with E-state index in [2.05, 4.69) is 37.4 Å². The monoisotopic (exact) mass is 277 g/mol. The zero-order chi connectivity index (χ0) is 14.4. The summed E-state index contributed by atoms with van der Waals surface area (Å²) in [4.78, 5) is 0. The second-order valence-corrected chi connectivity index (χ2v) is 5.55. The highest BCUT2D eigenvalue weighted by Gasteiger charge is 2.19. The van der Waals surface area contributed by atoms with Gasteiger partial charge in [-0.05, 0) is 56.3 Å². The van der Waals surface area contributed by atoms with Gasteiger partial charge in [0.1, 0.15) is 5.75 Å². The van der Waals surface area contributed by atoms with Gasteiger partial charge in [-0.15, -0.1) is 0 Å². The minimum atomic E-state index is 0.388. The molecule has 1 heterocycles. The first kappa shape index (κ1) is 15.3. The first-order valence-electron chi connectivity index (χ1n) is 7.74. The molecule has 0 aromatic heterocycles. The summed E-state index contributed by atoms with van der Waals surface area (Å²) in [5, 5.41) is 3.58. The predicted octanol–water partition coefficient (Wildman–Crippen LogP) is 3.61. The Morgan fingerprint density at radius 1 is 1.45 bits per heavy atom. The fourth-order valence-electron chi connectivity index (χ4n) is 2.91. The summed E-state index contributed by atoms with van der Waals surface area (Å²) >= 11 is 0. The largest absolute Gasteiger partial charge is 0.496 e. The SMILES string of the molecule is CCNC(CCC1CCCO1)c1ccc(C)c(OC)c1. The molecule has 0 bridgehead atoms. The van der Waals surface area contributed by atoms with Gasteiger partial charge in [-0.25, -0.2) is 0 Å². The molecule has 3 nitrogen and oxygen atoms in total. The van der Waals surface area contributed by atoms with Crippen molar-refractivity contribution in [2.24, 2.45) is 0 Å². The van der Waals surface area contributed by atoms with Crippen LogP contribution in [0.4, 0.5) is 0 Å². The molecule has 20 heavy (non-hydrogen) atoms. The molecule has 1 aliphatic heterocycles. The van der Waals surface area contributed by atoms with E-state index in [0.717, 1.165) is 31.7 Å². The summed E-state index contributed by atoms with van der Waals surface area (Å²) < 4.78 is 11.2. The third kappa shape index (κ3) is 3.97. The van der Waals surface area contributed by atoms with Gasteiger partial charge in [-0.3, -0.25) is 0 Å². The van der Waals surface area contributed by atoms with Crippen LogP contribution in [0.1, 0.15) is 49.8 Å². The number of methoxy groups -OCH3 is 1. The van der Waals surface area contributed by atoms with Gasteiger partial charge in [0.15, 0.2) is 0 Å². The standard InChI is InChI=1S/C17H27NO2/c1-4-18-16(10-9-15-6-5-11-20-15)14-8-7-13(2)17(12-14)19-3/h7-8,12,15-16,18H,4-6,9-11H2,1-3H3. The van der Waals surface area contributed by atoms with Crippen LogP contribution in [-0.2, 0) is 4.74 Å². The maximum absolute atomic E-state index is 5.73. The molecule has 1 N–H and O–H groups in total. The van der Waals surface area contributed by atoms with Crippen LogP contribution in [-0.4, -0.2) is 26.4 Å². The molecule has 2 rings (SSSR count). The van der Waals surface area contributed by atoms with Crippen LogP contribution in [0.5, 0.6) is 5.75 Å². The maximum Gasteiger partial charge on any atom is 0.122 e. The zero-order valence-corrected chi connectivity index (χ0v) is 12.9. The van der Waals surface area contributed by atoms with Gasteiger partial charge in [-0.2, -0.15) is 0 Å². The summed E-state index contributed by atoms with van der Waals surface area (Å²) in [6, 6.07) is 6.90. The van der Waals surface area contributed by atoms with E-state index in [0.29, 0.717) is 12.1 Å². The van der Waals surface area contributed by atoms with Gasteiger partial charge < -0.3 is 14.8 Å². The molecule has 0 spiro atoms. The Balaban J connectivity index is 2.02. The van der Waals surface area contributed by atoms with E-state index >= 15 is 0 Å². The van der Waals surface area contributed by atoms with Crippen molar-refractivity contribution in [2.45, 2.75) is 51.7 Å². The highest BCUT2D eigenvalue weighted by molar-refractivity contribution is 5.37. The van der Waals surface area contributed by atoms with Crippen molar-refractivity contribution in [3.05, 3.63) is 29.3 Å². The van der Waals surface area contributed by atoms with Gasteiger partial charge in [0, 0.05) is 12.6 Å². The lowest BCUT2D eigenvalue weighted by Crippen LogP contribution is -2.22. The van der Waals surface area contributed by atoms with Crippen LogP contribution < -0.4 is 10.1 Å². The Morgan fingerprint density at radius 2 is 2.30 bits per heavy atom. The Hall–Kier alpha value is -1.06. The maximum atomic E-state index is 5.73. The Morgan fingerprint density at radius 3 is 2.95 bits per heavy atom. The number of nitrogens with one attached hydrogen (secondary N) is 1. The normalized spacial score (nSPS) is 20.1. The van der Waals surface area contributed by atoms with Crippen molar-refractivity contribution in [3.8, 4) is 5.75 Å². The summed E-state index contributed by atoms with van der Waals surface area (Å²) in [5.41, 5.74) is 2.50. The van der Waals surface area contributed by atoms with E-state index in [1.54, 1.807) is 7.11 Å². The third-order valence-electron chi connectivity index (χ3n) is 4.09. The molecule has 0 amide bonds. The second kappa shape index (κ2) is 7.65. The summed E-state index contributed by atoms with van der Waals surface area (Å²) in [6.07, 6.45) is 5.15. The summed E-state index contributed by atoms with van der Waals surface area (Å²) in [7, 11) is 1.74. The number of benzene rings is 1. The molecule has 0 saturated carbocycles. The molecule has 1 saturated heterocycles. The van der Waals surface area contributed by atoms with Crippen molar-refractivity contribution in [1.29, 1.82) is 0 Å². The van der Waals surface area contributed by atoms with E-state index in [1.807, 2.05) is 0 Å². The van der Waals surface area contributed by atoms with E-state index in [9.17, 15) is 0 Å². The van der Waals surface area contributed by atoms with Crippen LogP contribution in [0.2, 0.25) is 0 Å². The molecular weight excluding hydrogens is 250 g/mol. The average Bonchev–Trinajstić information content (AvgIpc) is 2.97. The minimum Gasteiger partial charge on any atom is -0.496 e. The van der Waals surface area contributed by atoms with Crippen molar-refractivity contribution >= 4 is 0 Å². The summed E-state index contributed by atoms with van der Waals surface area (Å²) in [5.74, 6) is 0.975. The van der Waals surface area contributed by atoms with Crippen LogP contribution in [0.25, 0.3) is 0 Å². The first-order valence-corrected chi connectivity index (χ1v) is 7.74. The van der Waals surface area contributed by atoms with Crippen LogP contribution >= 0.6 is 0 Å². The van der Waals surface area contributed by atoms with Crippen LogP contribution in [0.3, 0.4) is 0 Å². The molecule has 1 fully saturated rings. The predicted molar refractivity (Wildman–Crippen MR) is 82.4 cm³/mol. The van der Waals surface area contributed by atoms with Crippen LogP contribution in [0, 0.1) is 6.92 Å². The van der Waals surface area contributed by atoms with Gasteiger partial charge in [0.05, 0.1) is 13.2 Å². The zero-order valence-electron chi connectivity index (χ0n) is 12.9. The van der Waals surface area contributed by atoms with E-state index in [4.69, 9.17) is 9.47 Å². The molecule has 0 radical (unpaired) electrons. The third-order valence-corrected chi connectivity index (χ3v) is 4.09. The van der Waals surface area contributed by atoms with E-state index in [1.165, 1.54) is 24.0 Å². The molecule has 2 atom stereocenters. The number of aryl methyl sites for hydroxylation is 1. The quantitative estimate of drug-likeness (QED) is 0.826. The van der Waals surface area contributed by atoms with Gasteiger partial charge in [0.25, 0.3) is 0 Å². The van der Waals surface area contributed by atoms with E-state index in [-0.39, 0.29) is 0 Å². The van der Waals surface area contributed by atoms with Crippen LogP contribution in [0.15, 0.2) is 18.2 Å². The minimum absolute atomic E-state index is 0.388. The highest BCUT2D eigenvalue weighted by Crippen LogP contribution is 2.28. The van der Waals surface area contributed by atoms with Gasteiger partial charge >= 0.3 is 0 Å². The van der Waals surface area contributed by atoms with Gasteiger partial charge in [0.2, 0.25) is 0 Å². The molecule has 0 aliphatic carbocycles. The lowest BCUT2D eigenvalue weighted by molar-refractivity contribution is 0.0996. The van der Waals surface area contributed by atoms with Crippen molar-refractivity contribution < 1.29 is 9.47 Å². The number of hydrogen-bond donors (Lipinski definition) is 1. The van der Waals surface area contributed by atoms with Crippen molar-refractivity contribution in [3.63, 3.8) is 0 Å². The number of rotatable bonds is 7. The number of ether oxygens (including phenoxy) is 2. The smallest absolute Gasteiger partial charge is 0.122 e. The molecular formula is C17H27NO2. The topological polar surface area (TPSA) is 30.5 Å². The Labute approximate surface area is 122 Å². The highest BCUT2D eigenvalue weighted by atomic mass is 16.5. The van der Waals surface area contributed by atoms with Gasteiger partial charge in [-0.1, -0.05) is 19.1 Å². The summed E-state index contributed by atoms with van der Waals surface area (Å²) in [6.45, 7) is 6.16. The molecule has 112 valence electrons. The average molecular weight is 277 g/mol. The molecule has 3 heteroatoms. The Bertz CT molecular complexity index is 413. The van der Waals surface area contributed by atoms with Crippen molar-refractivity contribution in [1.82, 2.24) is 5.32 Å². The fourth-order valence-corrected chi connectivity index (χ4v) is 2.91. The Kier molecular flexibility index (Phi) is 5.86. The first-order chi connectivity index (χ1) is 9.74. The van der Waals surface area contributed by atoms with E-state index < -0.39 is 0 Å². The lowest BCUT2D eigenvalue weighted by atomic mass is 9.98. The molecule has 1 aliphatic rings. The molecule has 1 aromatic rings. The van der Waals surface area contributed by atoms with Crippen molar-refractivity contribution in [2.75, 3.05) is 20.3 Å². The second-order valence-electron chi connectivity index (χ2n) is 5.55. The fraction of sp³-hybridized carbons (Fsp3) is 0.647. The molecule has 1 aromatic carbocycles. The molecule has 2 unspecified atom stereocenters. The lowest BCUT2D eigenvalue weighted by Gasteiger charge is -2.21.